The first-order chi connectivity index (χ1) is 12.4. The Morgan fingerprint density at radius 3 is 2.50 bits per heavy atom. The molecule has 0 unspecified atom stereocenters. The lowest BCUT2D eigenvalue weighted by Gasteiger charge is -2.18. The summed E-state index contributed by atoms with van der Waals surface area (Å²) in [5.41, 5.74) is 6.21. The van der Waals surface area contributed by atoms with E-state index in [1.165, 1.54) is 6.92 Å². The van der Waals surface area contributed by atoms with Gasteiger partial charge in [-0.1, -0.05) is 0 Å². The number of carbonyl (C=O) groups is 3. The fraction of sp³-hybridized carbons (Fsp3) is 0.471. The number of nitrogens with one attached hydrogen (secondary N) is 2. The molecule has 2 aliphatic rings. The number of ether oxygens (including phenoxy) is 3. The van der Waals surface area contributed by atoms with Crippen molar-refractivity contribution in [3.05, 3.63) is 29.8 Å². The summed E-state index contributed by atoms with van der Waals surface area (Å²) in [5, 5.41) is 5.51. The van der Waals surface area contributed by atoms with Gasteiger partial charge in [-0.15, -0.1) is 0 Å². The summed E-state index contributed by atoms with van der Waals surface area (Å²) >= 11 is 0. The molecule has 140 valence electrons. The van der Waals surface area contributed by atoms with Crippen LogP contribution >= 0.6 is 0 Å². The molecule has 9 heteroatoms. The lowest BCUT2D eigenvalue weighted by atomic mass is 10.1. The molecule has 0 radical (unpaired) electrons. The van der Waals surface area contributed by atoms with Crippen LogP contribution in [0.15, 0.2) is 24.3 Å². The number of anilines is 1. The minimum atomic E-state index is -0.559. The van der Waals surface area contributed by atoms with Crippen molar-refractivity contribution in [2.45, 2.75) is 31.3 Å². The summed E-state index contributed by atoms with van der Waals surface area (Å²) in [4.78, 5) is 34.3. The van der Waals surface area contributed by atoms with Crippen molar-refractivity contribution in [3.63, 3.8) is 0 Å². The molecular weight excluding hydrogens is 342 g/mol. The van der Waals surface area contributed by atoms with Crippen LogP contribution in [0.3, 0.4) is 0 Å². The zero-order valence-electron chi connectivity index (χ0n) is 14.3. The number of ketones is 1. The number of amides is 3. The number of urea groups is 1. The van der Waals surface area contributed by atoms with Gasteiger partial charge in [-0.2, -0.15) is 0 Å². The molecule has 0 aliphatic carbocycles. The summed E-state index contributed by atoms with van der Waals surface area (Å²) < 4.78 is 16.7. The quantitative estimate of drug-likeness (QED) is 0.613. The van der Waals surface area contributed by atoms with Crippen LogP contribution < -0.4 is 16.4 Å². The second-order valence-electron chi connectivity index (χ2n) is 6.25. The fourth-order valence-corrected chi connectivity index (χ4v) is 3.04. The second-order valence-corrected chi connectivity index (χ2v) is 6.25. The number of nitrogens with two attached hydrogens (primary N) is 1. The molecule has 4 atom stereocenters. The van der Waals surface area contributed by atoms with Crippen molar-refractivity contribution >= 4 is 23.4 Å². The van der Waals surface area contributed by atoms with Crippen molar-refractivity contribution in [2.24, 2.45) is 5.73 Å². The maximum Gasteiger partial charge on any atom is 0.319 e. The molecule has 0 bridgehead atoms. The second kappa shape index (κ2) is 7.81. The average Bonchev–Trinajstić information content (AvgIpc) is 3.16. The molecule has 3 rings (SSSR count). The Morgan fingerprint density at radius 2 is 1.85 bits per heavy atom. The predicted octanol–water partition coefficient (Wildman–Crippen LogP) is 0.0474. The first kappa shape index (κ1) is 18.3. The maximum atomic E-state index is 12.2. The van der Waals surface area contributed by atoms with Crippen LogP contribution in [0.1, 0.15) is 17.3 Å². The summed E-state index contributed by atoms with van der Waals surface area (Å²) in [6.07, 6.45) is -1.09. The van der Waals surface area contributed by atoms with Gasteiger partial charge in [0.2, 0.25) is 5.91 Å². The minimum absolute atomic E-state index is 0.0401. The van der Waals surface area contributed by atoms with E-state index in [-0.39, 0.29) is 50.0 Å². The SMILES string of the molecule is CC(=O)c1ccc(NC(=O)N[C@@H]2CO[C@@H]3[C@@H]2OC[C@H]3OCC(N)=O)cc1. The van der Waals surface area contributed by atoms with E-state index < -0.39 is 11.9 Å². The van der Waals surface area contributed by atoms with E-state index in [0.717, 1.165) is 0 Å². The van der Waals surface area contributed by atoms with Gasteiger partial charge < -0.3 is 30.6 Å². The van der Waals surface area contributed by atoms with Crippen LogP contribution in [0, 0.1) is 0 Å². The zero-order chi connectivity index (χ0) is 18.7. The Labute approximate surface area is 150 Å². The molecule has 2 heterocycles. The molecule has 0 spiro atoms. The van der Waals surface area contributed by atoms with Crippen LogP contribution in [0.5, 0.6) is 0 Å². The molecule has 4 N–H and O–H groups in total. The van der Waals surface area contributed by atoms with Gasteiger partial charge in [-0.05, 0) is 31.2 Å². The van der Waals surface area contributed by atoms with Crippen LogP contribution in [0.4, 0.5) is 10.5 Å². The van der Waals surface area contributed by atoms with Crippen molar-refractivity contribution in [1.82, 2.24) is 5.32 Å². The van der Waals surface area contributed by atoms with Gasteiger partial charge in [-0.3, -0.25) is 9.59 Å². The molecule has 2 fully saturated rings. The highest BCUT2D eigenvalue weighted by Gasteiger charge is 2.48. The molecule has 2 aliphatic heterocycles. The fourth-order valence-electron chi connectivity index (χ4n) is 3.04. The largest absolute Gasteiger partial charge is 0.370 e. The van der Waals surface area contributed by atoms with Gasteiger partial charge in [0, 0.05) is 11.3 Å². The minimum Gasteiger partial charge on any atom is -0.370 e. The molecular formula is C17H21N3O6. The summed E-state index contributed by atoms with van der Waals surface area (Å²) in [6.45, 7) is 1.83. The Hall–Kier alpha value is -2.49. The molecule has 0 saturated carbocycles. The Bertz CT molecular complexity index is 692. The number of benzene rings is 1. The number of hydrogen-bond donors (Lipinski definition) is 3. The Kier molecular flexibility index (Phi) is 5.50. The Morgan fingerprint density at radius 1 is 1.15 bits per heavy atom. The summed E-state index contributed by atoms with van der Waals surface area (Å²) in [6, 6.07) is 5.87. The van der Waals surface area contributed by atoms with Crippen LogP contribution in [-0.4, -0.2) is 61.9 Å². The van der Waals surface area contributed by atoms with E-state index in [0.29, 0.717) is 11.3 Å². The molecule has 3 amide bonds. The monoisotopic (exact) mass is 363 g/mol. The van der Waals surface area contributed by atoms with Gasteiger partial charge in [-0.25, -0.2) is 4.79 Å². The third-order valence-electron chi connectivity index (χ3n) is 4.31. The lowest BCUT2D eigenvalue weighted by molar-refractivity contribution is -0.126. The van der Waals surface area contributed by atoms with E-state index in [2.05, 4.69) is 10.6 Å². The van der Waals surface area contributed by atoms with E-state index in [1.54, 1.807) is 24.3 Å². The molecule has 2 saturated heterocycles. The first-order valence-electron chi connectivity index (χ1n) is 8.25. The van der Waals surface area contributed by atoms with E-state index in [4.69, 9.17) is 19.9 Å². The number of fused-ring (bicyclic) bond motifs is 1. The van der Waals surface area contributed by atoms with Gasteiger partial charge in [0.25, 0.3) is 0 Å². The van der Waals surface area contributed by atoms with Gasteiger partial charge in [0.15, 0.2) is 5.78 Å². The highest BCUT2D eigenvalue weighted by Crippen LogP contribution is 2.28. The number of rotatable bonds is 6. The number of carbonyl (C=O) groups excluding carboxylic acids is 3. The summed E-state index contributed by atoms with van der Waals surface area (Å²) in [5.74, 6) is -0.599. The third-order valence-corrected chi connectivity index (χ3v) is 4.31. The van der Waals surface area contributed by atoms with Crippen LogP contribution in [-0.2, 0) is 19.0 Å². The van der Waals surface area contributed by atoms with E-state index in [1.807, 2.05) is 0 Å². The standard InChI is InChI=1S/C17H21N3O6/c1-9(21)10-2-4-11(5-3-10)19-17(23)20-12-6-25-16-13(7-26-15(12)16)24-8-14(18)22/h2-5,12-13,15-16H,6-8H2,1H3,(H2,18,22)(H2,19,20,23)/t12-,13-,15-,16+/m1/s1. The lowest BCUT2D eigenvalue weighted by Crippen LogP contribution is -2.46. The average molecular weight is 363 g/mol. The summed E-state index contributed by atoms with van der Waals surface area (Å²) in [7, 11) is 0. The van der Waals surface area contributed by atoms with Gasteiger partial charge in [0.1, 0.15) is 24.9 Å². The van der Waals surface area contributed by atoms with Crippen molar-refractivity contribution in [1.29, 1.82) is 0 Å². The first-order valence-corrected chi connectivity index (χ1v) is 8.25. The maximum absolute atomic E-state index is 12.2. The van der Waals surface area contributed by atoms with Gasteiger partial charge in [0.05, 0.1) is 19.3 Å². The van der Waals surface area contributed by atoms with Crippen molar-refractivity contribution in [3.8, 4) is 0 Å². The predicted molar refractivity (Wildman–Crippen MR) is 90.8 cm³/mol. The van der Waals surface area contributed by atoms with Crippen molar-refractivity contribution < 1.29 is 28.6 Å². The number of Topliss-reactive ketones (excluding diaryl/α,β-unsaturated/α-hetero) is 1. The molecule has 9 nitrogen and oxygen atoms in total. The van der Waals surface area contributed by atoms with E-state index in [9.17, 15) is 14.4 Å². The third kappa shape index (κ3) is 4.18. The molecule has 26 heavy (non-hydrogen) atoms. The highest BCUT2D eigenvalue weighted by molar-refractivity contribution is 5.95. The smallest absolute Gasteiger partial charge is 0.319 e. The van der Waals surface area contributed by atoms with Crippen LogP contribution in [0.25, 0.3) is 0 Å². The van der Waals surface area contributed by atoms with Crippen molar-refractivity contribution in [2.75, 3.05) is 25.1 Å². The van der Waals surface area contributed by atoms with Gasteiger partial charge >= 0.3 is 6.03 Å². The molecule has 0 aromatic heterocycles. The Balaban J connectivity index is 1.51. The molecule has 1 aromatic rings. The molecule has 1 aromatic carbocycles. The zero-order valence-corrected chi connectivity index (χ0v) is 14.3. The highest BCUT2D eigenvalue weighted by atomic mass is 16.6. The number of hydrogen-bond acceptors (Lipinski definition) is 6. The van der Waals surface area contributed by atoms with E-state index >= 15 is 0 Å². The van der Waals surface area contributed by atoms with Crippen LogP contribution in [0.2, 0.25) is 0 Å². The number of primary amides is 1. The normalized spacial score (nSPS) is 27.0. The topological polar surface area (TPSA) is 129 Å².